The average Bonchev–Trinajstić information content (AvgIpc) is 0.742. The second-order valence-electron chi connectivity index (χ2n) is 31.1. The third kappa shape index (κ3) is 12.2. The molecule has 8 fully saturated rings. The molecular formula is C98H88N6. The van der Waals surface area contributed by atoms with Crippen LogP contribution in [0.2, 0.25) is 0 Å². The molecule has 0 spiro atoms. The normalized spacial score (nSPS) is 21.7. The van der Waals surface area contributed by atoms with Crippen LogP contribution in [0.25, 0.3) is 0 Å². The zero-order chi connectivity index (χ0) is 69.0. The highest BCUT2D eigenvalue weighted by atomic mass is 15.2. The van der Waals surface area contributed by atoms with Crippen LogP contribution in [0, 0.1) is 35.5 Å². The topological polar surface area (TPSA) is 19.4 Å². The first-order chi connectivity index (χ1) is 51.4. The number of benzene rings is 13. The molecule has 0 saturated heterocycles. The summed E-state index contributed by atoms with van der Waals surface area (Å²) in [5, 5.41) is 0. The molecule has 13 aromatic carbocycles. The molecule has 510 valence electrons. The van der Waals surface area contributed by atoms with Gasteiger partial charge in [0.25, 0.3) is 0 Å². The Kier molecular flexibility index (Phi) is 16.6. The molecule has 0 aliphatic heterocycles. The van der Waals surface area contributed by atoms with Gasteiger partial charge in [0.2, 0.25) is 0 Å². The van der Waals surface area contributed by atoms with Gasteiger partial charge in [-0.1, -0.05) is 133 Å². The fourth-order valence-corrected chi connectivity index (χ4v) is 20.8. The number of nitrogens with zero attached hydrogens (tertiary/aromatic N) is 6. The van der Waals surface area contributed by atoms with Crippen LogP contribution in [-0.2, 0) is 10.8 Å². The predicted molar refractivity (Wildman–Crippen MR) is 434 cm³/mol. The Labute approximate surface area is 614 Å². The van der Waals surface area contributed by atoms with Gasteiger partial charge in [0.15, 0.2) is 0 Å². The van der Waals surface area contributed by atoms with E-state index in [0.29, 0.717) is 10.8 Å². The molecule has 8 aliphatic carbocycles. The summed E-state index contributed by atoms with van der Waals surface area (Å²) < 4.78 is 0. The van der Waals surface area contributed by atoms with Gasteiger partial charge in [0.05, 0.1) is 0 Å². The van der Waals surface area contributed by atoms with Crippen LogP contribution in [-0.4, -0.2) is 0 Å². The van der Waals surface area contributed by atoms with Gasteiger partial charge in [0.1, 0.15) is 0 Å². The van der Waals surface area contributed by atoms with Crippen LogP contribution in [0.3, 0.4) is 0 Å². The molecule has 0 radical (unpaired) electrons. The van der Waals surface area contributed by atoms with E-state index in [1.807, 2.05) is 0 Å². The summed E-state index contributed by atoms with van der Waals surface area (Å²) in [7, 11) is 0. The van der Waals surface area contributed by atoms with Gasteiger partial charge in [0, 0.05) is 102 Å². The zero-order valence-electron chi connectivity index (χ0n) is 59.1. The highest BCUT2D eigenvalue weighted by Gasteiger charge is 2.53. The lowest BCUT2D eigenvalue weighted by Gasteiger charge is -2.57. The maximum atomic E-state index is 2.47. The third-order valence-electron chi connectivity index (χ3n) is 24.5. The summed E-state index contributed by atoms with van der Waals surface area (Å²) in [6.45, 7) is 0. The van der Waals surface area contributed by atoms with E-state index in [4.69, 9.17) is 0 Å². The van der Waals surface area contributed by atoms with Crippen molar-refractivity contribution < 1.29 is 0 Å². The molecule has 6 heteroatoms. The maximum absolute atomic E-state index is 2.47. The fraction of sp³-hybridized carbons (Fsp3) is 0.204. The van der Waals surface area contributed by atoms with Crippen molar-refractivity contribution in [2.24, 2.45) is 35.5 Å². The van der Waals surface area contributed by atoms with E-state index in [-0.39, 0.29) is 0 Å². The SMILES string of the molecule is c1ccc(N(c2ccc(N(c3ccccc3)c3ccc(N(c4ccccc4)c4ccc(N(c5ccccc5)c5ccc(C67CC8CC(CC(C8)C6)C7)cc5)cc4)cc3)cc2)c2ccc(N(c3ccccc3)c3ccc(N(c4ccccc4)c4ccc(C56CC7CC(CC(C7)C5)C6)cc4)cc3)cc2)cc1. The lowest BCUT2D eigenvalue weighted by Crippen LogP contribution is -2.48. The zero-order valence-corrected chi connectivity index (χ0v) is 59.1. The highest BCUT2D eigenvalue weighted by molar-refractivity contribution is 5.87. The summed E-state index contributed by atoms with van der Waals surface area (Å²) in [5.74, 6) is 5.49. The minimum Gasteiger partial charge on any atom is -0.311 e. The Hall–Kier alpha value is -11.3. The summed E-state index contributed by atoms with van der Waals surface area (Å²) in [4.78, 5) is 14.3. The lowest BCUT2D eigenvalue weighted by atomic mass is 9.48. The van der Waals surface area contributed by atoms with E-state index in [2.05, 4.69) is 381 Å². The molecule has 8 aliphatic rings. The molecule has 13 aromatic rings. The molecule has 0 aromatic heterocycles. The van der Waals surface area contributed by atoms with Crippen LogP contribution in [0.4, 0.5) is 102 Å². The number of hydrogen-bond donors (Lipinski definition) is 0. The molecule has 6 nitrogen and oxygen atoms in total. The molecule has 0 unspecified atom stereocenters. The molecular weight excluding hydrogens is 1260 g/mol. The van der Waals surface area contributed by atoms with Crippen molar-refractivity contribution in [2.45, 2.75) is 87.9 Å². The summed E-state index contributed by atoms with van der Waals surface area (Å²) >= 11 is 0. The van der Waals surface area contributed by atoms with Gasteiger partial charge >= 0.3 is 0 Å². The number of rotatable bonds is 20. The first-order valence-corrected chi connectivity index (χ1v) is 38.2. The van der Waals surface area contributed by atoms with Gasteiger partial charge < -0.3 is 29.4 Å². The van der Waals surface area contributed by atoms with Crippen molar-refractivity contribution in [1.82, 2.24) is 0 Å². The van der Waals surface area contributed by atoms with E-state index in [9.17, 15) is 0 Å². The van der Waals surface area contributed by atoms with Gasteiger partial charge in [-0.2, -0.15) is 0 Å². The van der Waals surface area contributed by atoms with Crippen LogP contribution in [0.15, 0.2) is 352 Å². The van der Waals surface area contributed by atoms with Crippen molar-refractivity contribution in [1.29, 1.82) is 0 Å². The minimum absolute atomic E-state index is 0.360. The second-order valence-corrected chi connectivity index (χ2v) is 31.1. The van der Waals surface area contributed by atoms with Crippen LogP contribution >= 0.6 is 0 Å². The van der Waals surface area contributed by atoms with Crippen molar-refractivity contribution in [3.8, 4) is 0 Å². The molecule has 0 atom stereocenters. The predicted octanol–water partition coefficient (Wildman–Crippen LogP) is 27.4. The first kappa shape index (κ1) is 63.6. The van der Waals surface area contributed by atoms with Crippen LogP contribution in [0.5, 0.6) is 0 Å². The van der Waals surface area contributed by atoms with Gasteiger partial charge in [-0.05, 0) is 353 Å². The first-order valence-electron chi connectivity index (χ1n) is 38.2. The number of anilines is 18. The van der Waals surface area contributed by atoms with Gasteiger partial charge in [-0.25, -0.2) is 0 Å². The van der Waals surface area contributed by atoms with E-state index in [1.54, 1.807) is 11.1 Å². The lowest BCUT2D eigenvalue weighted by molar-refractivity contribution is -0.00530. The smallest absolute Gasteiger partial charge is 0.0463 e. The van der Waals surface area contributed by atoms with Gasteiger partial charge in [-0.15, -0.1) is 0 Å². The van der Waals surface area contributed by atoms with Crippen LogP contribution < -0.4 is 29.4 Å². The summed E-state index contributed by atoms with van der Waals surface area (Å²) in [6.07, 6.45) is 17.0. The Balaban J connectivity index is 0.600. The van der Waals surface area contributed by atoms with E-state index < -0.39 is 0 Å². The minimum atomic E-state index is 0.360. The van der Waals surface area contributed by atoms with Gasteiger partial charge in [-0.3, -0.25) is 0 Å². The average molecular weight is 1350 g/mol. The second kappa shape index (κ2) is 27.1. The molecule has 8 saturated carbocycles. The molecule has 104 heavy (non-hydrogen) atoms. The molecule has 21 rings (SSSR count). The van der Waals surface area contributed by atoms with Crippen molar-refractivity contribution in [3.05, 3.63) is 363 Å². The molecule has 0 heterocycles. The Morgan fingerprint density at radius 1 is 0.144 bits per heavy atom. The van der Waals surface area contributed by atoms with E-state index >= 15 is 0 Å². The largest absolute Gasteiger partial charge is 0.311 e. The molecule has 8 bridgehead atoms. The van der Waals surface area contributed by atoms with Crippen molar-refractivity contribution in [2.75, 3.05) is 29.4 Å². The Bertz CT molecular complexity index is 4640. The number of hydrogen-bond acceptors (Lipinski definition) is 6. The van der Waals surface area contributed by atoms with E-state index in [0.717, 1.165) is 127 Å². The Morgan fingerprint density at radius 3 is 0.394 bits per heavy atom. The Morgan fingerprint density at radius 2 is 0.260 bits per heavy atom. The molecule has 0 amide bonds. The fourth-order valence-electron chi connectivity index (χ4n) is 20.8. The monoisotopic (exact) mass is 1350 g/mol. The highest BCUT2D eigenvalue weighted by Crippen LogP contribution is 2.63. The third-order valence-corrected chi connectivity index (χ3v) is 24.5. The summed E-state index contributed by atoms with van der Waals surface area (Å²) in [6, 6.07) is 129. The number of para-hydroxylation sites is 6. The van der Waals surface area contributed by atoms with Crippen LogP contribution in [0.1, 0.15) is 88.2 Å². The van der Waals surface area contributed by atoms with Crippen molar-refractivity contribution >= 4 is 102 Å². The van der Waals surface area contributed by atoms with E-state index in [1.165, 1.54) is 88.4 Å². The quantitative estimate of drug-likeness (QED) is 0.0752. The standard InChI is InChI=1S/C98H88N6/c1-7-19-79(20-8-1)99(85-35-31-77(32-36-85)97-65-71-59-72(66-97)61-73(60-71)67-97)87-39-43-89(44-40-87)101(81-23-11-3-12-24-81)91-47-51-93(52-48-91)103(83-27-15-5-16-28-83)95-55-57-96(58-56-95)104(84-29-17-6-18-30-84)94-53-49-92(50-54-94)102(82-25-13-4-14-26-82)90-45-41-88(42-46-90)100(80-21-9-2-10-22-80)86-37-33-78(34-38-86)98-68-74-62-75(69-98)64-76(63-74)70-98/h1-58,71-76H,59-70H2. The van der Waals surface area contributed by atoms with Crippen molar-refractivity contribution in [3.63, 3.8) is 0 Å². The summed E-state index contributed by atoms with van der Waals surface area (Å²) in [5.41, 5.74) is 23.6. The maximum Gasteiger partial charge on any atom is 0.0463 e. The molecule has 0 N–H and O–H groups in total.